The van der Waals surface area contributed by atoms with Crippen LogP contribution in [0.2, 0.25) is 10.0 Å². The van der Waals surface area contributed by atoms with E-state index in [1.165, 1.54) is 12.4 Å². The Morgan fingerprint density at radius 3 is 2.96 bits per heavy atom. The molecule has 2 aromatic rings. The molecule has 1 aromatic heterocycles. The molecule has 0 radical (unpaired) electrons. The third kappa shape index (κ3) is 3.89. The number of carboxylic acids is 1. The van der Waals surface area contributed by atoms with Crippen molar-refractivity contribution in [2.45, 2.75) is 12.6 Å². The van der Waals surface area contributed by atoms with Crippen LogP contribution in [0.1, 0.15) is 22.0 Å². The molecular weight excluding hydrogens is 353 g/mol. The molecule has 1 aromatic carbocycles. The number of carbonyl (C=O) groups is 1. The fraction of sp³-hybridized carbons (Fsp3) is 0.375. The van der Waals surface area contributed by atoms with E-state index in [9.17, 15) is 4.79 Å². The van der Waals surface area contributed by atoms with Crippen LogP contribution < -0.4 is 5.32 Å². The molecule has 8 heteroatoms. The van der Waals surface area contributed by atoms with Gasteiger partial charge in [0.1, 0.15) is 0 Å². The van der Waals surface area contributed by atoms with E-state index in [0.717, 1.165) is 18.7 Å². The van der Waals surface area contributed by atoms with E-state index < -0.39 is 5.97 Å². The summed E-state index contributed by atoms with van der Waals surface area (Å²) in [6.45, 7) is 2.60. The number of hydrogen-bond acceptors (Lipinski definition) is 4. The highest BCUT2D eigenvalue weighted by Crippen LogP contribution is 2.32. The van der Waals surface area contributed by atoms with Crippen LogP contribution in [0.3, 0.4) is 0 Å². The monoisotopic (exact) mass is 369 g/mol. The molecule has 0 saturated carbocycles. The van der Waals surface area contributed by atoms with Crippen LogP contribution >= 0.6 is 23.2 Å². The Balaban J connectivity index is 1.83. The highest BCUT2D eigenvalue weighted by atomic mass is 35.5. The van der Waals surface area contributed by atoms with Crippen molar-refractivity contribution in [2.24, 2.45) is 5.92 Å². The average Bonchev–Trinajstić information content (AvgIpc) is 2.90. The summed E-state index contributed by atoms with van der Waals surface area (Å²) >= 11 is 12.1. The highest BCUT2D eigenvalue weighted by Gasteiger charge is 2.27. The van der Waals surface area contributed by atoms with E-state index in [-0.39, 0.29) is 17.6 Å². The molecule has 1 saturated heterocycles. The van der Waals surface area contributed by atoms with Gasteiger partial charge in [-0.3, -0.25) is 4.68 Å². The number of rotatable bonds is 4. The van der Waals surface area contributed by atoms with Crippen LogP contribution in [-0.4, -0.2) is 40.6 Å². The van der Waals surface area contributed by atoms with Crippen molar-refractivity contribution in [3.63, 3.8) is 0 Å². The molecule has 2 atom stereocenters. The number of hydrogen-bond donors (Lipinski definition) is 2. The molecule has 1 aliphatic rings. The second kappa shape index (κ2) is 7.53. The molecule has 1 fully saturated rings. The second-order valence-corrected chi connectivity index (χ2v) is 6.50. The van der Waals surface area contributed by atoms with Crippen molar-refractivity contribution in [3.8, 4) is 0 Å². The van der Waals surface area contributed by atoms with Crippen LogP contribution in [0.25, 0.3) is 0 Å². The number of nitrogens with zero attached hydrogens (tertiary/aromatic N) is 2. The smallest absolute Gasteiger partial charge is 0.338 e. The van der Waals surface area contributed by atoms with Gasteiger partial charge in [-0.15, -0.1) is 0 Å². The number of nitrogens with one attached hydrogen (secondary N) is 1. The number of carboxylic acid groups (broad SMARTS) is 1. The van der Waals surface area contributed by atoms with E-state index >= 15 is 0 Å². The Bertz CT molecular complexity index is 735. The number of aromatic carboxylic acids is 1. The Morgan fingerprint density at radius 1 is 1.42 bits per heavy atom. The van der Waals surface area contributed by atoms with E-state index in [1.54, 1.807) is 10.7 Å². The summed E-state index contributed by atoms with van der Waals surface area (Å²) < 4.78 is 7.64. The zero-order valence-electron chi connectivity index (χ0n) is 12.8. The molecule has 1 aliphatic heterocycles. The molecule has 0 aliphatic carbocycles. The summed E-state index contributed by atoms with van der Waals surface area (Å²) in [6, 6.07) is 5.48. The van der Waals surface area contributed by atoms with Gasteiger partial charge in [-0.2, -0.15) is 5.10 Å². The van der Waals surface area contributed by atoms with E-state index in [1.807, 2.05) is 12.1 Å². The third-order valence-corrected chi connectivity index (χ3v) is 4.72. The molecule has 0 bridgehead atoms. The standard InChI is InChI=1S/C16H17Cl2N3O3/c17-13-2-1-10(5-14(13)18)15-11(6-19-3-4-24-15)8-21-9-12(7-20-21)16(22)23/h1-2,5,7,9,11,15,19H,3-4,6,8H2,(H,22,23). The van der Waals surface area contributed by atoms with Gasteiger partial charge in [0, 0.05) is 31.7 Å². The Labute approximate surface area is 149 Å². The maximum Gasteiger partial charge on any atom is 0.338 e. The molecule has 2 N–H and O–H groups in total. The van der Waals surface area contributed by atoms with Gasteiger partial charge in [0.15, 0.2) is 0 Å². The predicted octanol–water partition coefficient (Wildman–Crippen LogP) is 2.87. The average molecular weight is 370 g/mol. The van der Waals surface area contributed by atoms with E-state index in [0.29, 0.717) is 23.2 Å². The maximum atomic E-state index is 11.0. The van der Waals surface area contributed by atoms with Gasteiger partial charge in [0.2, 0.25) is 0 Å². The quantitative estimate of drug-likeness (QED) is 0.866. The van der Waals surface area contributed by atoms with Gasteiger partial charge in [0.05, 0.1) is 34.5 Å². The highest BCUT2D eigenvalue weighted by molar-refractivity contribution is 6.42. The van der Waals surface area contributed by atoms with Crippen LogP contribution in [0.5, 0.6) is 0 Å². The van der Waals surface area contributed by atoms with Crippen LogP contribution in [0.15, 0.2) is 30.6 Å². The molecule has 2 heterocycles. The van der Waals surface area contributed by atoms with Crippen LogP contribution in [0.4, 0.5) is 0 Å². The molecule has 0 spiro atoms. The van der Waals surface area contributed by atoms with Crippen molar-refractivity contribution < 1.29 is 14.6 Å². The van der Waals surface area contributed by atoms with Gasteiger partial charge < -0.3 is 15.2 Å². The second-order valence-electron chi connectivity index (χ2n) is 5.69. The zero-order valence-corrected chi connectivity index (χ0v) is 14.3. The van der Waals surface area contributed by atoms with Crippen molar-refractivity contribution in [1.29, 1.82) is 0 Å². The third-order valence-electron chi connectivity index (χ3n) is 3.98. The Morgan fingerprint density at radius 2 is 2.25 bits per heavy atom. The summed E-state index contributed by atoms with van der Waals surface area (Å²) in [7, 11) is 0. The fourth-order valence-corrected chi connectivity index (χ4v) is 3.13. The molecule has 3 rings (SSSR count). The van der Waals surface area contributed by atoms with E-state index in [2.05, 4.69) is 10.4 Å². The van der Waals surface area contributed by atoms with Crippen LogP contribution in [0, 0.1) is 5.92 Å². The molecular formula is C16H17Cl2N3O3. The van der Waals surface area contributed by atoms with E-state index in [4.69, 9.17) is 33.0 Å². The molecule has 0 amide bonds. The fourth-order valence-electron chi connectivity index (χ4n) is 2.82. The summed E-state index contributed by atoms with van der Waals surface area (Å²) in [4.78, 5) is 11.0. The lowest BCUT2D eigenvalue weighted by Gasteiger charge is -2.25. The summed E-state index contributed by atoms with van der Waals surface area (Å²) in [5, 5.41) is 17.5. The number of aromatic nitrogens is 2. The minimum absolute atomic E-state index is 0.0753. The van der Waals surface area contributed by atoms with Crippen molar-refractivity contribution in [1.82, 2.24) is 15.1 Å². The lowest BCUT2D eigenvalue weighted by Crippen LogP contribution is -2.28. The van der Waals surface area contributed by atoms with Gasteiger partial charge in [-0.25, -0.2) is 4.79 Å². The summed E-state index contributed by atoms with van der Waals surface area (Å²) in [5.41, 5.74) is 1.12. The largest absolute Gasteiger partial charge is 0.478 e. The maximum absolute atomic E-state index is 11.0. The first-order valence-corrected chi connectivity index (χ1v) is 8.33. The van der Waals surface area contributed by atoms with Crippen molar-refractivity contribution >= 4 is 29.2 Å². The number of halogens is 2. The Kier molecular flexibility index (Phi) is 5.40. The van der Waals surface area contributed by atoms with Gasteiger partial charge in [-0.1, -0.05) is 29.3 Å². The van der Waals surface area contributed by atoms with Gasteiger partial charge >= 0.3 is 5.97 Å². The zero-order chi connectivity index (χ0) is 17.1. The molecule has 2 unspecified atom stereocenters. The van der Waals surface area contributed by atoms with Crippen molar-refractivity contribution in [2.75, 3.05) is 19.7 Å². The normalized spacial score (nSPS) is 21.4. The molecule has 128 valence electrons. The lowest BCUT2D eigenvalue weighted by atomic mass is 9.95. The SMILES string of the molecule is O=C(O)c1cnn(CC2CNCCOC2c2ccc(Cl)c(Cl)c2)c1. The Hall–Kier alpha value is -1.60. The van der Waals surface area contributed by atoms with Gasteiger partial charge in [-0.05, 0) is 17.7 Å². The first-order valence-electron chi connectivity index (χ1n) is 7.57. The molecule has 6 nitrogen and oxygen atoms in total. The minimum Gasteiger partial charge on any atom is -0.478 e. The van der Waals surface area contributed by atoms with Gasteiger partial charge in [0.25, 0.3) is 0 Å². The van der Waals surface area contributed by atoms with Crippen molar-refractivity contribution in [3.05, 3.63) is 51.8 Å². The topological polar surface area (TPSA) is 76.4 Å². The number of benzene rings is 1. The molecule has 24 heavy (non-hydrogen) atoms. The first kappa shape index (κ1) is 17.2. The van der Waals surface area contributed by atoms with Crippen LogP contribution in [-0.2, 0) is 11.3 Å². The predicted molar refractivity (Wildman–Crippen MR) is 90.7 cm³/mol. The lowest BCUT2D eigenvalue weighted by molar-refractivity contribution is 0.0243. The summed E-state index contributed by atoms with van der Waals surface area (Å²) in [5.74, 6) is -0.913. The summed E-state index contributed by atoms with van der Waals surface area (Å²) in [6.07, 6.45) is 2.70. The first-order chi connectivity index (χ1) is 11.5. The number of ether oxygens (including phenoxy) is 1. The minimum atomic E-state index is -0.988.